The molecule has 0 aromatic carbocycles. The summed E-state index contributed by atoms with van der Waals surface area (Å²) in [4.78, 5) is 12.5. The summed E-state index contributed by atoms with van der Waals surface area (Å²) in [6.45, 7) is 6.83. The topological polar surface area (TPSA) is 60.8 Å². The highest BCUT2D eigenvalue weighted by atomic mass is 16.4. The van der Waals surface area contributed by atoms with Gasteiger partial charge in [-0.1, -0.05) is 6.08 Å². The van der Waals surface area contributed by atoms with Crippen LogP contribution in [0.2, 0.25) is 0 Å². The molecule has 0 aliphatic rings. The van der Waals surface area contributed by atoms with Gasteiger partial charge in [-0.2, -0.15) is 0 Å². The molecule has 0 aromatic rings. The molecule has 0 rings (SSSR count). The molecular formula is C10H19NO3. The highest BCUT2D eigenvalue weighted by molar-refractivity contribution is 5.85. The van der Waals surface area contributed by atoms with Crippen LogP contribution in [0.4, 0.5) is 0 Å². The number of hydrogen-bond acceptors (Lipinski definition) is 3. The minimum Gasteiger partial charge on any atom is -0.478 e. The van der Waals surface area contributed by atoms with Gasteiger partial charge in [-0.05, 0) is 20.8 Å². The second kappa shape index (κ2) is 6.56. The second-order valence-electron chi connectivity index (χ2n) is 3.50. The summed E-state index contributed by atoms with van der Waals surface area (Å²) in [6, 6.07) is 0.306. The van der Waals surface area contributed by atoms with Crippen molar-refractivity contribution in [2.45, 2.75) is 26.8 Å². The maximum Gasteiger partial charge on any atom is 0.330 e. The van der Waals surface area contributed by atoms with Crippen molar-refractivity contribution in [3.8, 4) is 0 Å². The van der Waals surface area contributed by atoms with Gasteiger partial charge in [0.2, 0.25) is 0 Å². The van der Waals surface area contributed by atoms with Crippen molar-refractivity contribution < 1.29 is 15.0 Å². The number of aliphatic hydroxyl groups is 1. The van der Waals surface area contributed by atoms with Crippen LogP contribution in [0, 0.1) is 0 Å². The van der Waals surface area contributed by atoms with Crippen molar-refractivity contribution >= 4 is 5.97 Å². The average molecular weight is 201 g/mol. The smallest absolute Gasteiger partial charge is 0.330 e. The monoisotopic (exact) mass is 201 g/mol. The molecule has 0 fully saturated rings. The van der Waals surface area contributed by atoms with Crippen molar-refractivity contribution in [1.29, 1.82) is 0 Å². The lowest BCUT2D eigenvalue weighted by Gasteiger charge is -2.23. The Morgan fingerprint density at radius 3 is 2.43 bits per heavy atom. The molecule has 0 heterocycles. The Kier molecular flexibility index (Phi) is 6.16. The summed E-state index contributed by atoms with van der Waals surface area (Å²) in [6.07, 6.45) is 1.66. The van der Waals surface area contributed by atoms with Gasteiger partial charge in [-0.25, -0.2) is 4.79 Å². The van der Waals surface area contributed by atoms with Gasteiger partial charge < -0.3 is 10.2 Å². The molecule has 0 radical (unpaired) electrons. The molecule has 4 nitrogen and oxygen atoms in total. The highest BCUT2D eigenvalue weighted by Crippen LogP contribution is 2.00. The molecule has 82 valence electrons. The zero-order valence-electron chi connectivity index (χ0n) is 9.03. The van der Waals surface area contributed by atoms with E-state index in [9.17, 15) is 4.79 Å². The minimum atomic E-state index is -0.891. The first kappa shape index (κ1) is 13.1. The van der Waals surface area contributed by atoms with Crippen LogP contribution in [0.5, 0.6) is 0 Å². The molecular weight excluding hydrogens is 182 g/mol. The summed E-state index contributed by atoms with van der Waals surface area (Å²) in [7, 11) is 0. The molecule has 0 aliphatic carbocycles. The Labute approximate surface area is 84.8 Å². The van der Waals surface area contributed by atoms with Crippen molar-refractivity contribution in [3.63, 3.8) is 0 Å². The predicted molar refractivity (Wildman–Crippen MR) is 55.2 cm³/mol. The maximum absolute atomic E-state index is 10.5. The number of carbonyl (C=O) groups is 1. The van der Waals surface area contributed by atoms with Crippen molar-refractivity contribution in [3.05, 3.63) is 11.6 Å². The Balaban J connectivity index is 4.17. The van der Waals surface area contributed by atoms with Gasteiger partial charge in [-0.3, -0.25) is 4.90 Å². The van der Waals surface area contributed by atoms with Gasteiger partial charge in [0.1, 0.15) is 0 Å². The number of carboxylic acid groups (broad SMARTS) is 1. The Morgan fingerprint density at radius 2 is 2.07 bits per heavy atom. The summed E-state index contributed by atoms with van der Waals surface area (Å²) < 4.78 is 0. The molecule has 14 heavy (non-hydrogen) atoms. The van der Waals surface area contributed by atoms with E-state index in [4.69, 9.17) is 10.2 Å². The Bertz CT molecular complexity index is 211. The quantitative estimate of drug-likeness (QED) is 0.622. The van der Waals surface area contributed by atoms with Crippen LogP contribution in [0.25, 0.3) is 0 Å². The Hall–Kier alpha value is -0.870. The molecule has 0 saturated carbocycles. The van der Waals surface area contributed by atoms with E-state index in [-0.39, 0.29) is 6.61 Å². The highest BCUT2D eigenvalue weighted by Gasteiger charge is 2.07. The Morgan fingerprint density at radius 1 is 1.50 bits per heavy atom. The van der Waals surface area contributed by atoms with Gasteiger partial charge in [-0.15, -0.1) is 0 Å². The van der Waals surface area contributed by atoms with E-state index in [1.807, 2.05) is 18.7 Å². The molecule has 0 saturated heterocycles. The lowest BCUT2D eigenvalue weighted by atomic mass is 10.2. The second-order valence-corrected chi connectivity index (χ2v) is 3.50. The third kappa shape index (κ3) is 4.99. The molecule has 0 spiro atoms. The third-order valence-electron chi connectivity index (χ3n) is 2.09. The van der Waals surface area contributed by atoms with Crippen LogP contribution in [0.1, 0.15) is 20.8 Å². The van der Waals surface area contributed by atoms with Crippen LogP contribution in [0.3, 0.4) is 0 Å². The first-order valence-corrected chi connectivity index (χ1v) is 4.74. The molecule has 0 atom stereocenters. The zero-order chi connectivity index (χ0) is 11.1. The van der Waals surface area contributed by atoms with Gasteiger partial charge in [0.05, 0.1) is 6.61 Å². The van der Waals surface area contributed by atoms with E-state index >= 15 is 0 Å². The van der Waals surface area contributed by atoms with Gasteiger partial charge in [0.15, 0.2) is 0 Å². The number of carboxylic acids is 1. The van der Waals surface area contributed by atoms with E-state index in [1.54, 1.807) is 13.0 Å². The van der Waals surface area contributed by atoms with Crippen LogP contribution in [-0.4, -0.2) is 46.8 Å². The SMILES string of the molecule is CC(=CCN(CCO)C(C)C)C(=O)O. The van der Waals surface area contributed by atoms with Gasteiger partial charge in [0, 0.05) is 24.7 Å². The van der Waals surface area contributed by atoms with Crippen LogP contribution in [-0.2, 0) is 4.79 Å². The molecule has 2 N–H and O–H groups in total. The standard InChI is InChI=1S/C10H19NO3/c1-8(2)11(6-7-12)5-4-9(3)10(13)14/h4,8,12H,5-7H2,1-3H3,(H,13,14). The summed E-state index contributed by atoms with van der Waals surface area (Å²) in [5.41, 5.74) is 0.341. The fourth-order valence-electron chi connectivity index (χ4n) is 1.03. The van der Waals surface area contributed by atoms with Gasteiger partial charge in [0.25, 0.3) is 0 Å². The fraction of sp³-hybridized carbons (Fsp3) is 0.700. The molecule has 4 heteroatoms. The van der Waals surface area contributed by atoms with E-state index in [0.717, 1.165) is 0 Å². The number of hydrogen-bond donors (Lipinski definition) is 2. The normalized spacial score (nSPS) is 12.6. The number of aliphatic hydroxyl groups excluding tert-OH is 1. The first-order valence-electron chi connectivity index (χ1n) is 4.74. The van der Waals surface area contributed by atoms with E-state index in [1.165, 1.54) is 0 Å². The van der Waals surface area contributed by atoms with E-state index in [0.29, 0.717) is 24.7 Å². The summed E-state index contributed by atoms with van der Waals surface area (Å²) in [5, 5.41) is 17.4. The summed E-state index contributed by atoms with van der Waals surface area (Å²) >= 11 is 0. The lowest BCUT2D eigenvalue weighted by Crippen LogP contribution is -2.33. The molecule has 0 unspecified atom stereocenters. The molecule has 0 amide bonds. The maximum atomic E-state index is 10.5. The predicted octanol–water partition coefficient (Wildman–Crippen LogP) is 0.720. The van der Waals surface area contributed by atoms with Crippen molar-refractivity contribution in [2.24, 2.45) is 0 Å². The average Bonchev–Trinajstić information content (AvgIpc) is 2.10. The zero-order valence-corrected chi connectivity index (χ0v) is 9.03. The molecule has 0 aliphatic heterocycles. The van der Waals surface area contributed by atoms with E-state index in [2.05, 4.69) is 0 Å². The first-order chi connectivity index (χ1) is 6.49. The van der Waals surface area contributed by atoms with Crippen molar-refractivity contribution in [2.75, 3.05) is 19.7 Å². The fourth-order valence-corrected chi connectivity index (χ4v) is 1.03. The number of rotatable bonds is 6. The van der Waals surface area contributed by atoms with Crippen LogP contribution < -0.4 is 0 Å². The molecule has 0 aromatic heterocycles. The van der Waals surface area contributed by atoms with E-state index < -0.39 is 5.97 Å². The summed E-state index contributed by atoms with van der Waals surface area (Å²) in [5.74, 6) is -0.891. The van der Waals surface area contributed by atoms with Crippen LogP contribution in [0.15, 0.2) is 11.6 Å². The lowest BCUT2D eigenvalue weighted by molar-refractivity contribution is -0.132. The van der Waals surface area contributed by atoms with Crippen molar-refractivity contribution in [1.82, 2.24) is 4.90 Å². The largest absolute Gasteiger partial charge is 0.478 e. The van der Waals surface area contributed by atoms with Crippen LogP contribution >= 0.6 is 0 Å². The molecule has 0 bridgehead atoms. The van der Waals surface area contributed by atoms with Gasteiger partial charge >= 0.3 is 5.97 Å². The number of aliphatic carboxylic acids is 1. The number of nitrogens with zero attached hydrogens (tertiary/aromatic N) is 1. The third-order valence-corrected chi connectivity index (χ3v) is 2.09. The minimum absolute atomic E-state index is 0.0954.